The molecule has 0 fully saturated rings. The Morgan fingerprint density at radius 1 is 1.28 bits per heavy atom. The van der Waals surface area contributed by atoms with Crippen LogP contribution in [0.1, 0.15) is 11.5 Å². The van der Waals surface area contributed by atoms with Crippen LogP contribution in [0.15, 0.2) is 40.8 Å². The van der Waals surface area contributed by atoms with Crippen LogP contribution in [0.5, 0.6) is 0 Å². The van der Waals surface area contributed by atoms with Gasteiger partial charge < -0.3 is 14.8 Å². The van der Waals surface area contributed by atoms with Crippen LogP contribution in [-0.2, 0) is 13.2 Å². The zero-order valence-corrected chi connectivity index (χ0v) is 9.50. The van der Waals surface area contributed by atoms with E-state index in [1.807, 2.05) is 0 Å². The minimum absolute atomic E-state index is 0.0375. The molecule has 6 nitrogen and oxygen atoms in total. The summed E-state index contributed by atoms with van der Waals surface area (Å²) in [6.45, 7) is 0.262. The molecule has 0 amide bonds. The molecule has 0 saturated carbocycles. The highest BCUT2D eigenvalue weighted by molar-refractivity contribution is 5.50. The van der Waals surface area contributed by atoms with Gasteiger partial charge >= 0.3 is 0 Å². The number of aliphatic hydroxyl groups excluding tert-OH is 1. The predicted molar refractivity (Wildman–Crippen MR) is 65.1 cm³/mol. The second kappa shape index (κ2) is 5.33. The van der Waals surface area contributed by atoms with E-state index in [4.69, 9.17) is 9.52 Å². The Morgan fingerprint density at radius 2 is 2.06 bits per heavy atom. The number of nitro benzene ring substituents is 1. The minimum Gasteiger partial charge on any atom is -0.462 e. The van der Waals surface area contributed by atoms with Gasteiger partial charge in [0.05, 0.1) is 11.5 Å². The van der Waals surface area contributed by atoms with Gasteiger partial charge in [-0.05, 0) is 18.2 Å². The number of non-ortho nitro benzene ring substituents is 1. The molecule has 0 atom stereocenters. The zero-order chi connectivity index (χ0) is 13.0. The molecule has 18 heavy (non-hydrogen) atoms. The molecule has 94 valence electrons. The van der Waals surface area contributed by atoms with Crippen LogP contribution in [0.25, 0.3) is 0 Å². The Bertz CT molecular complexity index is 551. The van der Waals surface area contributed by atoms with Crippen LogP contribution in [0, 0.1) is 10.1 Å². The van der Waals surface area contributed by atoms with Gasteiger partial charge in [-0.25, -0.2) is 0 Å². The molecule has 0 radical (unpaired) electrons. The molecule has 1 heterocycles. The van der Waals surface area contributed by atoms with E-state index in [-0.39, 0.29) is 12.3 Å². The van der Waals surface area contributed by atoms with Gasteiger partial charge in [-0.15, -0.1) is 0 Å². The van der Waals surface area contributed by atoms with Crippen molar-refractivity contribution in [3.05, 3.63) is 58.0 Å². The summed E-state index contributed by atoms with van der Waals surface area (Å²) in [7, 11) is 0. The molecule has 0 saturated heterocycles. The number of aliphatic hydroxyl groups is 1. The van der Waals surface area contributed by atoms with Gasteiger partial charge in [0.2, 0.25) is 0 Å². The first-order valence-electron chi connectivity index (χ1n) is 5.36. The lowest BCUT2D eigenvalue weighted by Crippen LogP contribution is -1.98. The minimum atomic E-state index is -0.443. The smallest absolute Gasteiger partial charge is 0.271 e. The Kier molecular flexibility index (Phi) is 3.59. The van der Waals surface area contributed by atoms with E-state index >= 15 is 0 Å². The van der Waals surface area contributed by atoms with E-state index in [9.17, 15) is 10.1 Å². The number of benzene rings is 1. The molecule has 2 aromatic rings. The molecule has 1 aromatic carbocycles. The number of hydrogen-bond donors (Lipinski definition) is 2. The maximum Gasteiger partial charge on any atom is 0.271 e. The van der Waals surface area contributed by atoms with Gasteiger partial charge in [0.25, 0.3) is 5.69 Å². The predicted octanol–water partition coefficient (Wildman–Crippen LogP) is 2.29. The number of nitrogens with one attached hydrogen (secondary N) is 1. The summed E-state index contributed by atoms with van der Waals surface area (Å²) in [6.07, 6.45) is 0. The fourth-order valence-electron chi connectivity index (χ4n) is 1.52. The summed E-state index contributed by atoms with van der Waals surface area (Å²) in [6, 6.07) is 9.67. The molecule has 2 N–H and O–H groups in total. The average molecular weight is 248 g/mol. The first kappa shape index (κ1) is 12.1. The molecule has 0 aliphatic rings. The third kappa shape index (κ3) is 2.86. The first-order valence-corrected chi connectivity index (χ1v) is 5.36. The maximum absolute atomic E-state index is 10.6. The highest BCUT2D eigenvalue weighted by atomic mass is 16.6. The normalized spacial score (nSPS) is 10.3. The molecular formula is C12H12N2O4. The molecule has 6 heteroatoms. The molecule has 0 unspecified atom stereocenters. The molecule has 0 spiro atoms. The number of hydrogen-bond acceptors (Lipinski definition) is 5. The van der Waals surface area contributed by atoms with Crippen molar-refractivity contribution in [2.45, 2.75) is 13.2 Å². The lowest BCUT2D eigenvalue weighted by atomic mass is 10.3. The zero-order valence-electron chi connectivity index (χ0n) is 9.50. The van der Waals surface area contributed by atoms with Crippen molar-refractivity contribution in [1.82, 2.24) is 0 Å². The first-order chi connectivity index (χ1) is 8.69. The van der Waals surface area contributed by atoms with Crippen molar-refractivity contribution in [2.24, 2.45) is 0 Å². The topological polar surface area (TPSA) is 88.5 Å². The van der Waals surface area contributed by atoms with Crippen LogP contribution in [0.2, 0.25) is 0 Å². The SMILES string of the molecule is O=[N+]([O-])c1cccc(NCc2ccc(CO)o2)c1. The summed E-state index contributed by atoms with van der Waals surface area (Å²) in [5.74, 6) is 1.15. The van der Waals surface area contributed by atoms with E-state index < -0.39 is 4.92 Å². The van der Waals surface area contributed by atoms with E-state index in [2.05, 4.69) is 5.32 Å². The second-order valence-corrected chi connectivity index (χ2v) is 3.69. The Hall–Kier alpha value is -2.34. The lowest BCUT2D eigenvalue weighted by molar-refractivity contribution is -0.384. The van der Waals surface area contributed by atoms with E-state index in [1.165, 1.54) is 12.1 Å². The van der Waals surface area contributed by atoms with Crippen molar-refractivity contribution < 1.29 is 14.4 Å². The Balaban J connectivity index is 2.01. The van der Waals surface area contributed by atoms with Crippen LogP contribution in [-0.4, -0.2) is 10.0 Å². The summed E-state index contributed by atoms with van der Waals surface area (Å²) in [4.78, 5) is 10.2. The van der Waals surface area contributed by atoms with Crippen LogP contribution in [0.4, 0.5) is 11.4 Å². The van der Waals surface area contributed by atoms with Gasteiger partial charge in [-0.3, -0.25) is 10.1 Å². The molecule has 1 aromatic heterocycles. The largest absolute Gasteiger partial charge is 0.462 e. The van der Waals surface area contributed by atoms with Crippen molar-refractivity contribution in [3.63, 3.8) is 0 Å². The van der Waals surface area contributed by atoms with E-state index in [0.29, 0.717) is 23.8 Å². The van der Waals surface area contributed by atoms with E-state index in [0.717, 1.165) is 0 Å². The third-order valence-electron chi connectivity index (χ3n) is 2.40. The molecule has 0 aliphatic carbocycles. The van der Waals surface area contributed by atoms with Crippen molar-refractivity contribution in [1.29, 1.82) is 0 Å². The molecule has 0 aliphatic heterocycles. The highest BCUT2D eigenvalue weighted by Gasteiger charge is 2.06. The summed E-state index contributed by atoms with van der Waals surface area (Å²) < 4.78 is 5.29. The summed E-state index contributed by atoms with van der Waals surface area (Å²) in [5.41, 5.74) is 0.682. The maximum atomic E-state index is 10.6. The van der Waals surface area contributed by atoms with Gasteiger partial charge in [0.15, 0.2) is 0 Å². The fraction of sp³-hybridized carbons (Fsp3) is 0.167. The second-order valence-electron chi connectivity index (χ2n) is 3.69. The van der Waals surface area contributed by atoms with Crippen LogP contribution < -0.4 is 5.32 Å². The van der Waals surface area contributed by atoms with Crippen molar-refractivity contribution in [2.75, 3.05) is 5.32 Å². The number of anilines is 1. The van der Waals surface area contributed by atoms with Gasteiger partial charge in [0.1, 0.15) is 18.1 Å². The van der Waals surface area contributed by atoms with Crippen molar-refractivity contribution >= 4 is 11.4 Å². The summed E-state index contributed by atoms with van der Waals surface area (Å²) >= 11 is 0. The lowest BCUT2D eigenvalue weighted by Gasteiger charge is -2.03. The summed E-state index contributed by atoms with van der Waals surface area (Å²) in [5, 5.41) is 22.5. The third-order valence-corrected chi connectivity index (χ3v) is 2.40. The monoisotopic (exact) mass is 248 g/mol. The van der Waals surface area contributed by atoms with Gasteiger partial charge in [0, 0.05) is 17.8 Å². The highest BCUT2D eigenvalue weighted by Crippen LogP contribution is 2.18. The Morgan fingerprint density at radius 3 is 2.72 bits per heavy atom. The molecule has 2 rings (SSSR count). The number of nitrogens with zero attached hydrogens (tertiary/aromatic N) is 1. The van der Waals surface area contributed by atoms with Crippen molar-refractivity contribution in [3.8, 4) is 0 Å². The number of furan rings is 1. The van der Waals surface area contributed by atoms with Gasteiger partial charge in [-0.2, -0.15) is 0 Å². The molecule has 0 bridgehead atoms. The van der Waals surface area contributed by atoms with Crippen LogP contribution >= 0.6 is 0 Å². The number of nitro groups is 1. The number of rotatable bonds is 5. The van der Waals surface area contributed by atoms with Gasteiger partial charge in [-0.1, -0.05) is 6.07 Å². The molecular weight excluding hydrogens is 236 g/mol. The quantitative estimate of drug-likeness (QED) is 0.626. The standard InChI is InChI=1S/C12H12N2O4/c15-8-12-5-4-11(18-12)7-13-9-2-1-3-10(6-9)14(16)17/h1-6,13,15H,7-8H2. The van der Waals surface area contributed by atoms with Crippen LogP contribution in [0.3, 0.4) is 0 Å². The average Bonchev–Trinajstić information content (AvgIpc) is 2.84. The Labute approximate surface area is 103 Å². The van der Waals surface area contributed by atoms with E-state index in [1.54, 1.807) is 24.3 Å². The fourth-order valence-corrected chi connectivity index (χ4v) is 1.52.